The summed E-state index contributed by atoms with van der Waals surface area (Å²) in [6.45, 7) is 2.04. The molecule has 0 saturated carbocycles. The smallest absolute Gasteiger partial charge is 0.202 e. The second kappa shape index (κ2) is 8.69. The summed E-state index contributed by atoms with van der Waals surface area (Å²) in [7, 11) is 5.51. The minimum Gasteiger partial charge on any atom is -0.312 e. The van der Waals surface area contributed by atoms with E-state index in [2.05, 4.69) is 8.93 Å². The van der Waals surface area contributed by atoms with Crippen molar-refractivity contribution in [3.05, 3.63) is 0 Å². The summed E-state index contributed by atoms with van der Waals surface area (Å²) in [5.41, 5.74) is 0.319. The number of hydrogen-bond donors (Lipinski definition) is 0. The van der Waals surface area contributed by atoms with E-state index in [0.717, 1.165) is 33.9 Å². The molecule has 1 nitrogen and oxygen atoms in total. The molecule has 63 valence electrons. The fraction of sp³-hybridized carbons (Fsp3) is 0.857. The third kappa shape index (κ3) is 8.50. The summed E-state index contributed by atoms with van der Waals surface area (Å²) in [6.07, 6.45) is 5.07. The van der Waals surface area contributed by atoms with Crippen molar-refractivity contribution in [3.63, 3.8) is 0 Å². The van der Waals surface area contributed by atoms with Crippen molar-refractivity contribution in [2.24, 2.45) is 0 Å². The molecule has 0 aliphatic carbocycles. The Bertz CT molecular complexity index is 109. The molecule has 1 radical (unpaired) electrons. The highest BCUT2D eigenvalue weighted by Crippen LogP contribution is 2.20. The molecule has 11 heavy (non-hydrogen) atoms. The lowest BCUT2D eigenvalue weighted by molar-refractivity contribution is -0.112. The van der Waals surface area contributed by atoms with Crippen molar-refractivity contribution >= 4 is 30.2 Å². The van der Waals surface area contributed by atoms with Gasteiger partial charge in [-0.1, -0.05) is 26.1 Å². The Hall–Kier alpha value is 0.595. The van der Waals surface area contributed by atoms with Crippen LogP contribution in [0, 0.1) is 0 Å². The molecular formula is C7H16BOP2. The van der Waals surface area contributed by atoms with Gasteiger partial charge in [-0.3, -0.25) is 0 Å². The Morgan fingerprint density at radius 3 is 2.91 bits per heavy atom. The molecule has 0 fully saturated rings. The second-order valence-corrected chi connectivity index (χ2v) is 4.65. The molecule has 0 amide bonds. The van der Waals surface area contributed by atoms with Crippen molar-refractivity contribution in [1.82, 2.24) is 0 Å². The maximum absolute atomic E-state index is 10.9. The van der Waals surface area contributed by atoms with Gasteiger partial charge in [-0.05, 0) is 12.6 Å². The van der Waals surface area contributed by atoms with Crippen LogP contribution in [0.4, 0.5) is 0 Å². The molecular weight excluding hydrogens is 173 g/mol. The van der Waals surface area contributed by atoms with Crippen molar-refractivity contribution in [2.75, 3.05) is 6.16 Å². The van der Waals surface area contributed by atoms with Gasteiger partial charge in [0.05, 0.1) is 5.68 Å². The Balaban J connectivity index is 3.04. The van der Waals surface area contributed by atoms with Crippen molar-refractivity contribution in [3.8, 4) is 0 Å². The van der Waals surface area contributed by atoms with Crippen LogP contribution >= 0.6 is 17.2 Å². The fourth-order valence-corrected chi connectivity index (χ4v) is 1.84. The molecule has 0 aliphatic heterocycles. The first kappa shape index (κ1) is 11.6. The van der Waals surface area contributed by atoms with Crippen molar-refractivity contribution in [2.45, 2.75) is 32.5 Å². The molecule has 0 aliphatic rings. The first-order chi connectivity index (χ1) is 5.31. The summed E-state index contributed by atoms with van der Waals surface area (Å²) in [4.78, 5) is 10.9. The number of carbonyl (C=O) groups excluding carboxylic acids is 1. The molecule has 0 bridgehead atoms. The normalized spacial score (nSPS) is 10.7. The van der Waals surface area contributed by atoms with E-state index >= 15 is 0 Å². The second-order valence-electron chi connectivity index (χ2n) is 2.52. The van der Waals surface area contributed by atoms with Gasteiger partial charge < -0.3 is 4.79 Å². The van der Waals surface area contributed by atoms with Crippen LogP contribution in [0.3, 0.4) is 0 Å². The van der Waals surface area contributed by atoms with Crippen LogP contribution in [0.25, 0.3) is 0 Å². The van der Waals surface area contributed by atoms with E-state index in [1.807, 2.05) is 14.2 Å². The Kier molecular flexibility index (Phi) is 9.16. The van der Waals surface area contributed by atoms with Gasteiger partial charge in [0.15, 0.2) is 0 Å². The van der Waals surface area contributed by atoms with E-state index in [0.29, 0.717) is 5.68 Å². The zero-order chi connectivity index (χ0) is 8.53. The van der Waals surface area contributed by atoms with Crippen LogP contribution < -0.4 is 0 Å². The average Bonchev–Trinajstić information content (AvgIpc) is 1.99. The Morgan fingerprint density at radius 2 is 2.36 bits per heavy atom. The first-order valence-electron chi connectivity index (χ1n) is 4.10. The van der Waals surface area contributed by atoms with E-state index < -0.39 is 0 Å². The molecule has 0 N–H and O–H groups in total. The summed E-state index contributed by atoms with van der Waals surface area (Å²) >= 11 is 0. The molecule has 0 rings (SSSR count). The van der Waals surface area contributed by atoms with Gasteiger partial charge >= 0.3 is 0 Å². The third-order valence-electron chi connectivity index (χ3n) is 1.39. The molecule has 0 spiro atoms. The van der Waals surface area contributed by atoms with Gasteiger partial charge in [0.25, 0.3) is 0 Å². The molecule has 2 atom stereocenters. The highest BCUT2D eigenvalue weighted by atomic mass is 32.0. The third-order valence-corrected chi connectivity index (χ3v) is 2.90. The monoisotopic (exact) mass is 189 g/mol. The number of rotatable bonds is 7. The Labute approximate surface area is 74.2 Å². The SMILES string of the molecule is CCCC(=O)[B]CCCPP. The molecule has 4 heteroatoms. The molecule has 0 aromatic rings. The molecule has 2 unspecified atom stereocenters. The summed E-state index contributed by atoms with van der Waals surface area (Å²) in [5, 5.41) is 0. The largest absolute Gasteiger partial charge is 0.312 e. The maximum Gasteiger partial charge on any atom is 0.202 e. The predicted molar refractivity (Wildman–Crippen MR) is 58.0 cm³/mol. The lowest BCUT2D eigenvalue weighted by atomic mass is 9.67. The predicted octanol–water partition coefficient (Wildman–Crippen LogP) is 2.29. The van der Waals surface area contributed by atoms with Crippen LogP contribution in [0.2, 0.25) is 6.32 Å². The van der Waals surface area contributed by atoms with Gasteiger partial charge in [0.2, 0.25) is 7.28 Å². The highest BCUT2D eigenvalue weighted by Gasteiger charge is 2.00. The number of carbonyl (C=O) groups is 1. The molecule has 0 heterocycles. The van der Waals surface area contributed by atoms with E-state index in [1.54, 1.807) is 0 Å². The van der Waals surface area contributed by atoms with E-state index in [-0.39, 0.29) is 0 Å². The van der Waals surface area contributed by atoms with Crippen molar-refractivity contribution < 1.29 is 4.79 Å². The maximum atomic E-state index is 10.9. The zero-order valence-electron chi connectivity index (χ0n) is 7.10. The Morgan fingerprint density at radius 1 is 1.64 bits per heavy atom. The minimum atomic E-state index is 0.319. The topological polar surface area (TPSA) is 17.1 Å². The van der Waals surface area contributed by atoms with Gasteiger partial charge in [-0.25, -0.2) is 0 Å². The van der Waals surface area contributed by atoms with Crippen LogP contribution in [0.15, 0.2) is 0 Å². The number of hydrogen-bond acceptors (Lipinski definition) is 1. The van der Waals surface area contributed by atoms with Gasteiger partial charge in [0.1, 0.15) is 0 Å². The quantitative estimate of drug-likeness (QED) is 0.341. The standard InChI is InChI=1S/C7H16BOP2/c1-2-4-7(9)8-5-3-6-11-10/h11H,2-6,10H2,1H3. The van der Waals surface area contributed by atoms with Gasteiger partial charge in [-0.15, -0.1) is 17.2 Å². The van der Waals surface area contributed by atoms with E-state index in [4.69, 9.17) is 0 Å². The summed E-state index contributed by atoms with van der Waals surface area (Å²) < 4.78 is 0. The molecule has 0 aromatic heterocycles. The van der Waals surface area contributed by atoms with Crippen LogP contribution in [0.1, 0.15) is 26.2 Å². The lowest BCUT2D eigenvalue weighted by Crippen LogP contribution is -2.07. The average molecular weight is 189 g/mol. The van der Waals surface area contributed by atoms with Crippen LogP contribution in [-0.2, 0) is 4.79 Å². The molecule has 0 saturated heterocycles. The van der Waals surface area contributed by atoms with E-state index in [1.165, 1.54) is 6.16 Å². The first-order valence-corrected chi connectivity index (χ1v) is 7.12. The summed E-state index contributed by atoms with van der Waals surface area (Å²) in [5.74, 6) is 0. The zero-order valence-corrected chi connectivity index (χ0v) is 9.25. The van der Waals surface area contributed by atoms with Gasteiger partial charge in [-0.2, -0.15) is 0 Å². The molecule has 0 aromatic carbocycles. The van der Waals surface area contributed by atoms with Gasteiger partial charge in [0, 0.05) is 0 Å². The summed E-state index contributed by atoms with van der Waals surface area (Å²) in [6, 6.07) is 0. The van der Waals surface area contributed by atoms with E-state index in [9.17, 15) is 4.79 Å². The van der Waals surface area contributed by atoms with Crippen molar-refractivity contribution in [1.29, 1.82) is 0 Å². The fourth-order valence-electron chi connectivity index (χ4n) is 0.816. The lowest BCUT2D eigenvalue weighted by Gasteiger charge is -1.96. The van der Waals surface area contributed by atoms with Crippen LogP contribution in [-0.4, -0.2) is 19.1 Å². The highest BCUT2D eigenvalue weighted by molar-refractivity contribution is 8.02. The van der Waals surface area contributed by atoms with Crippen LogP contribution in [0.5, 0.6) is 0 Å². The minimum absolute atomic E-state index is 0.319.